The average molecular weight is 619 g/mol. The molecule has 3 fully saturated rings. The molecule has 1 amide bonds. The number of ether oxygens (including phenoxy) is 1. The minimum atomic E-state index is -2.09. The van der Waals surface area contributed by atoms with Crippen LogP contribution in [0.5, 0.6) is 0 Å². The fourth-order valence-electron chi connectivity index (χ4n) is 8.05. The van der Waals surface area contributed by atoms with Crippen LogP contribution in [-0.2, 0) is 14.3 Å². The number of aliphatic hydroxyl groups excluding tert-OH is 3. The number of azide groups is 2. The zero-order chi connectivity index (χ0) is 32.4. The first-order valence-electron chi connectivity index (χ1n) is 14.5. The molecule has 16 heteroatoms. The van der Waals surface area contributed by atoms with E-state index < -0.39 is 71.0 Å². The molecule has 4 rings (SSSR count). The van der Waals surface area contributed by atoms with Gasteiger partial charge in [0.2, 0.25) is 0 Å². The molecular formula is C28H39FN8O7. The quantitative estimate of drug-likeness (QED) is 0.0942. The smallest absolute Gasteiger partial charge is 0.266 e. The lowest BCUT2D eigenvalue weighted by Gasteiger charge is -2.62. The van der Waals surface area contributed by atoms with Crippen molar-refractivity contribution in [3.63, 3.8) is 0 Å². The first kappa shape index (κ1) is 33.5. The van der Waals surface area contributed by atoms with Gasteiger partial charge in [-0.15, -0.1) is 0 Å². The summed E-state index contributed by atoms with van der Waals surface area (Å²) >= 11 is 0. The third kappa shape index (κ3) is 5.30. The maximum Gasteiger partial charge on any atom is 0.266 e. The highest BCUT2D eigenvalue weighted by Gasteiger charge is 2.74. The van der Waals surface area contributed by atoms with Crippen LogP contribution in [0.15, 0.2) is 39.1 Å². The van der Waals surface area contributed by atoms with Gasteiger partial charge in [-0.2, -0.15) is 5.10 Å². The number of fused-ring (bicyclic) bond motifs is 5. The van der Waals surface area contributed by atoms with Gasteiger partial charge in [-0.05, 0) is 68.2 Å². The van der Waals surface area contributed by atoms with Gasteiger partial charge in [-0.1, -0.05) is 28.8 Å². The number of halogens is 1. The van der Waals surface area contributed by atoms with Gasteiger partial charge in [0.15, 0.2) is 11.5 Å². The van der Waals surface area contributed by atoms with Crippen LogP contribution >= 0.6 is 0 Å². The van der Waals surface area contributed by atoms with E-state index in [0.717, 1.165) is 0 Å². The lowest BCUT2D eigenvalue weighted by atomic mass is 9.44. The maximum absolute atomic E-state index is 17.4. The number of carbonyl (C=O) groups is 2. The van der Waals surface area contributed by atoms with E-state index in [4.69, 9.17) is 15.8 Å². The fourth-order valence-corrected chi connectivity index (χ4v) is 8.05. The van der Waals surface area contributed by atoms with E-state index in [1.807, 2.05) is 0 Å². The van der Waals surface area contributed by atoms with E-state index in [9.17, 15) is 30.0 Å². The van der Waals surface area contributed by atoms with Crippen molar-refractivity contribution in [2.24, 2.45) is 43.4 Å². The van der Waals surface area contributed by atoms with E-state index in [2.05, 4.69) is 30.6 Å². The molecule has 4 aliphatic carbocycles. The highest BCUT2D eigenvalue weighted by atomic mass is 19.1. The number of amides is 1. The highest BCUT2D eigenvalue weighted by molar-refractivity contribution is 6.06. The Hall–Kier alpha value is -3.36. The van der Waals surface area contributed by atoms with Crippen LogP contribution in [0.1, 0.15) is 46.0 Å². The molecule has 7 atom stereocenters. The summed E-state index contributed by atoms with van der Waals surface area (Å²) in [6.07, 6.45) is 4.61. The van der Waals surface area contributed by atoms with Gasteiger partial charge in [0, 0.05) is 45.1 Å². The Kier molecular flexibility index (Phi) is 9.57. The van der Waals surface area contributed by atoms with Crippen LogP contribution in [0.3, 0.4) is 0 Å². The van der Waals surface area contributed by atoms with Crippen LogP contribution in [0, 0.1) is 28.1 Å². The first-order chi connectivity index (χ1) is 20.8. The number of hydrogen-bond donors (Lipinski definition) is 5. The molecule has 4 aliphatic rings. The Balaban J connectivity index is 1.45. The molecule has 0 heterocycles. The number of rotatable bonds is 12. The number of Topliss-reactive ketones (excluding diaryl/α,β-unsaturated/α-hetero) is 1. The van der Waals surface area contributed by atoms with Crippen molar-refractivity contribution in [2.75, 3.05) is 39.5 Å². The second-order valence-corrected chi connectivity index (χ2v) is 12.8. The number of ketones is 1. The molecule has 5 N–H and O–H groups in total. The summed E-state index contributed by atoms with van der Waals surface area (Å²) in [5.41, 5.74) is 13.2. The largest absolute Gasteiger partial charge is 0.396 e. The molecule has 0 aromatic carbocycles. The Bertz CT molecular complexity index is 1340. The summed E-state index contributed by atoms with van der Waals surface area (Å²) in [7, 11) is 0. The van der Waals surface area contributed by atoms with Crippen molar-refractivity contribution in [3.05, 3.63) is 44.7 Å². The number of nitrogens with zero attached hydrogens (tertiary/aromatic N) is 7. The zero-order valence-electron chi connectivity index (χ0n) is 24.8. The van der Waals surface area contributed by atoms with Crippen LogP contribution in [0.4, 0.5) is 4.39 Å². The van der Waals surface area contributed by atoms with E-state index in [1.54, 1.807) is 32.1 Å². The first-order valence-corrected chi connectivity index (χ1v) is 14.5. The van der Waals surface area contributed by atoms with Crippen molar-refractivity contribution >= 4 is 17.4 Å². The number of hydrogen-bond acceptors (Lipinski definition) is 10. The SMILES string of the molecule is C[C@]12C=C/C(=N\NC(=O)COCC(CO)(CN=[N+]=[N-])CN=[N+]=[N-])C=C1CC[C@H]1[C@@H]3CC[C@](O)(C(=O)CO)[C@@]3(C)C[C@H](O)[C@@]12F. The Morgan fingerprint density at radius 1 is 1.18 bits per heavy atom. The topological polar surface area (TPSA) is 246 Å². The van der Waals surface area contributed by atoms with E-state index in [-0.39, 0.29) is 38.5 Å². The third-order valence-electron chi connectivity index (χ3n) is 10.6. The van der Waals surface area contributed by atoms with Crippen molar-refractivity contribution in [1.82, 2.24) is 5.43 Å². The molecule has 0 radical (unpaired) electrons. The predicted octanol–water partition coefficient (Wildman–Crippen LogP) is 2.17. The summed E-state index contributed by atoms with van der Waals surface area (Å²) in [6, 6.07) is 0. The van der Waals surface area contributed by atoms with Crippen LogP contribution < -0.4 is 5.43 Å². The zero-order valence-corrected chi connectivity index (χ0v) is 24.8. The summed E-state index contributed by atoms with van der Waals surface area (Å²) in [5, 5.41) is 52.9. The van der Waals surface area contributed by atoms with Gasteiger partial charge >= 0.3 is 0 Å². The Labute approximate surface area is 253 Å². The Morgan fingerprint density at radius 3 is 2.48 bits per heavy atom. The van der Waals surface area contributed by atoms with Gasteiger partial charge in [0.1, 0.15) is 18.8 Å². The normalized spacial score (nSPS) is 37.8. The number of aliphatic hydroxyl groups is 4. The maximum atomic E-state index is 17.4. The van der Waals surface area contributed by atoms with Crippen LogP contribution in [0.2, 0.25) is 0 Å². The van der Waals surface area contributed by atoms with E-state index in [0.29, 0.717) is 30.5 Å². The van der Waals surface area contributed by atoms with Crippen LogP contribution in [0.25, 0.3) is 20.9 Å². The second kappa shape index (κ2) is 12.6. The molecule has 0 aliphatic heterocycles. The van der Waals surface area contributed by atoms with Gasteiger partial charge < -0.3 is 25.2 Å². The average Bonchev–Trinajstić information content (AvgIpc) is 3.28. The lowest BCUT2D eigenvalue weighted by Crippen LogP contribution is -2.69. The molecular weight excluding hydrogens is 579 g/mol. The summed E-state index contributed by atoms with van der Waals surface area (Å²) in [6.45, 7) is 0.970. The fraction of sp³-hybridized carbons (Fsp3) is 0.750. The van der Waals surface area contributed by atoms with Gasteiger partial charge in [-0.25, -0.2) is 9.82 Å². The number of allylic oxidation sites excluding steroid dienone is 4. The molecule has 15 nitrogen and oxygen atoms in total. The molecule has 0 aromatic rings. The molecule has 44 heavy (non-hydrogen) atoms. The Morgan fingerprint density at radius 2 is 1.86 bits per heavy atom. The lowest BCUT2D eigenvalue weighted by molar-refractivity contribution is -0.217. The van der Waals surface area contributed by atoms with Gasteiger partial charge in [-0.3, -0.25) is 9.59 Å². The molecule has 3 saturated carbocycles. The standard InChI is InChI=1S/C28H39FN8O7/c1-24-7-5-18(34-35-23(42)12-44-16-26(15-39,13-32-36-30)14-33-37-31)9-17(24)3-4-20-19-6-8-27(43,22(41)11-38)25(19,2)10-21(40)28(20,24)29/h5,7,9,19-21,38-40,43H,3-4,6,8,10-16H2,1-2H3,(H,35,42)/b34-18+/t19-,20-,21-,24-,25-,27-,28-/m0/s1. The minimum absolute atomic E-state index is 0.102. The minimum Gasteiger partial charge on any atom is -0.396 e. The van der Waals surface area contributed by atoms with Crippen molar-refractivity contribution < 1.29 is 39.1 Å². The summed E-state index contributed by atoms with van der Waals surface area (Å²) in [5.74, 6) is -2.34. The van der Waals surface area contributed by atoms with Gasteiger partial charge in [0.05, 0.1) is 25.0 Å². The molecule has 0 unspecified atom stereocenters. The number of alkyl halides is 1. The summed E-state index contributed by atoms with van der Waals surface area (Å²) in [4.78, 5) is 30.3. The van der Waals surface area contributed by atoms with E-state index >= 15 is 4.39 Å². The van der Waals surface area contributed by atoms with Crippen molar-refractivity contribution in [1.29, 1.82) is 0 Å². The molecule has 0 aromatic heterocycles. The molecule has 0 saturated heterocycles. The van der Waals surface area contributed by atoms with Crippen molar-refractivity contribution in [3.8, 4) is 0 Å². The number of hydrazone groups is 1. The number of carbonyl (C=O) groups excluding carboxylic acids is 2. The van der Waals surface area contributed by atoms with Crippen molar-refractivity contribution in [2.45, 2.75) is 63.3 Å². The van der Waals surface area contributed by atoms with E-state index in [1.165, 1.54) is 0 Å². The number of nitrogens with one attached hydrogen (secondary N) is 1. The second-order valence-electron chi connectivity index (χ2n) is 12.8. The van der Waals surface area contributed by atoms with Gasteiger partial charge in [0.25, 0.3) is 5.91 Å². The highest BCUT2D eigenvalue weighted by Crippen LogP contribution is 2.69. The molecule has 0 spiro atoms. The molecule has 240 valence electrons. The predicted molar refractivity (Wildman–Crippen MR) is 154 cm³/mol. The van der Waals surface area contributed by atoms with Crippen LogP contribution in [-0.4, -0.2) is 94.7 Å². The third-order valence-corrected chi connectivity index (χ3v) is 10.6. The summed E-state index contributed by atoms with van der Waals surface area (Å²) < 4.78 is 22.8. The monoisotopic (exact) mass is 618 g/mol. The molecule has 0 bridgehead atoms.